The number of allylic oxidation sites excluding steroid dienone is 1. The summed E-state index contributed by atoms with van der Waals surface area (Å²) >= 11 is 0. The molecule has 0 N–H and O–H groups in total. The minimum Gasteiger partial charge on any atom is -0.496 e. The highest BCUT2D eigenvalue weighted by atomic mass is 16.5. The number of fused-ring (bicyclic) bond motifs is 1. The number of rotatable bonds is 6. The van der Waals surface area contributed by atoms with Crippen LogP contribution in [0.5, 0.6) is 5.75 Å². The zero-order chi connectivity index (χ0) is 25.9. The van der Waals surface area contributed by atoms with E-state index < -0.39 is 0 Å². The molecule has 0 aliphatic carbocycles. The van der Waals surface area contributed by atoms with E-state index in [1.165, 1.54) is 16.7 Å². The predicted molar refractivity (Wildman–Crippen MR) is 151 cm³/mol. The van der Waals surface area contributed by atoms with E-state index in [2.05, 4.69) is 68.4 Å². The molecule has 1 aromatic heterocycles. The molecule has 37 heavy (non-hydrogen) atoms. The van der Waals surface area contributed by atoms with E-state index in [9.17, 15) is 4.79 Å². The van der Waals surface area contributed by atoms with Gasteiger partial charge in [0.05, 0.1) is 13.4 Å². The van der Waals surface area contributed by atoms with Gasteiger partial charge in [-0.25, -0.2) is 0 Å². The van der Waals surface area contributed by atoms with E-state index in [0.29, 0.717) is 11.7 Å². The zero-order valence-corrected chi connectivity index (χ0v) is 22.2. The molecule has 1 saturated heterocycles. The van der Waals surface area contributed by atoms with E-state index in [0.717, 1.165) is 65.6 Å². The van der Waals surface area contributed by atoms with Gasteiger partial charge in [-0.2, -0.15) is 0 Å². The number of likely N-dealkylation sites (tertiary alicyclic amines) is 1. The Morgan fingerprint density at radius 1 is 1.03 bits per heavy atom. The van der Waals surface area contributed by atoms with Gasteiger partial charge in [0.25, 0.3) is 0 Å². The maximum absolute atomic E-state index is 13.2. The minimum absolute atomic E-state index is 0.0691. The van der Waals surface area contributed by atoms with Crippen molar-refractivity contribution < 1.29 is 13.9 Å². The Morgan fingerprint density at radius 3 is 2.49 bits per heavy atom. The first-order chi connectivity index (χ1) is 17.9. The highest BCUT2D eigenvalue weighted by molar-refractivity contribution is 6.00. The summed E-state index contributed by atoms with van der Waals surface area (Å²) in [6.07, 6.45) is 6.74. The highest BCUT2D eigenvalue weighted by Crippen LogP contribution is 2.38. The smallest absolute Gasteiger partial charge is 0.246 e. The van der Waals surface area contributed by atoms with Gasteiger partial charge in [-0.3, -0.25) is 4.79 Å². The van der Waals surface area contributed by atoms with Crippen molar-refractivity contribution >= 4 is 22.4 Å². The number of aryl methyl sites for hydroxylation is 2. The van der Waals surface area contributed by atoms with Crippen LogP contribution in [0.15, 0.2) is 77.4 Å². The minimum atomic E-state index is 0.0691. The number of benzene rings is 3. The van der Waals surface area contributed by atoms with E-state index in [4.69, 9.17) is 9.15 Å². The molecule has 4 nitrogen and oxygen atoms in total. The molecule has 4 heteroatoms. The van der Waals surface area contributed by atoms with Gasteiger partial charge in [0.2, 0.25) is 5.91 Å². The summed E-state index contributed by atoms with van der Waals surface area (Å²) in [7, 11) is 1.66. The van der Waals surface area contributed by atoms with Crippen LogP contribution in [0.1, 0.15) is 42.0 Å². The molecule has 1 aliphatic rings. The highest BCUT2D eigenvalue weighted by Gasteiger charge is 2.23. The standard InChI is InChI=1S/C33H35NO3/c1-22-10-11-27(23(2)16-22)30-21-37-32-20-31(36-4)28(19-29(30)32)24(3)17-33(35)34-14-12-26(13-15-34)18-25-8-6-5-7-9-25/h5-11,16-17,19-21,26H,12-15,18H2,1-4H3/b24-17+. The SMILES string of the molecule is COc1cc2occ(-c3ccc(C)cc3C)c2cc1/C(C)=C/C(=O)N1CCC(Cc2ccccc2)CC1. The van der Waals surface area contributed by atoms with Gasteiger partial charge >= 0.3 is 0 Å². The number of carbonyl (C=O) groups is 1. The Hall–Kier alpha value is -3.79. The van der Waals surface area contributed by atoms with E-state index in [-0.39, 0.29) is 5.91 Å². The summed E-state index contributed by atoms with van der Waals surface area (Å²) < 4.78 is 11.6. The lowest BCUT2D eigenvalue weighted by atomic mass is 9.90. The van der Waals surface area contributed by atoms with Crippen molar-refractivity contribution in [2.75, 3.05) is 20.2 Å². The van der Waals surface area contributed by atoms with Crippen LogP contribution in [0.3, 0.4) is 0 Å². The summed E-state index contributed by atoms with van der Waals surface area (Å²) in [4.78, 5) is 15.2. The molecule has 1 aliphatic heterocycles. The monoisotopic (exact) mass is 493 g/mol. The summed E-state index contributed by atoms with van der Waals surface area (Å²) in [6.45, 7) is 7.81. The summed E-state index contributed by atoms with van der Waals surface area (Å²) in [5.74, 6) is 1.40. The van der Waals surface area contributed by atoms with Crippen molar-refractivity contribution in [3.63, 3.8) is 0 Å². The second-order valence-electron chi connectivity index (χ2n) is 10.3. The fourth-order valence-corrected chi connectivity index (χ4v) is 5.52. The average molecular weight is 494 g/mol. The van der Waals surface area contributed by atoms with Gasteiger partial charge in [-0.05, 0) is 74.3 Å². The number of ether oxygens (including phenoxy) is 1. The van der Waals surface area contributed by atoms with Crippen LogP contribution in [-0.2, 0) is 11.2 Å². The Bertz CT molecular complexity index is 1440. The lowest BCUT2D eigenvalue weighted by Gasteiger charge is -2.31. The number of nitrogens with zero attached hydrogens (tertiary/aromatic N) is 1. The Balaban J connectivity index is 1.36. The molecule has 5 rings (SSSR count). The molecule has 2 heterocycles. The number of hydrogen-bond donors (Lipinski definition) is 0. The van der Waals surface area contributed by atoms with Gasteiger partial charge < -0.3 is 14.1 Å². The molecule has 0 unspecified atom stereocenters. The third-order valence-corrected chi connectivity index (χ3v) is 7.63. The van der Waals surface area contributed by atoms with Crippen LogP contribution in [0.2, 0.25) is 0 Å². The van der Waals surface area contributed by atoms with Crippen molar-refractivity contribution in [3.05, 3.63) is 95.3 Å². The lowest BCUT2D eigenvalue weighted by Crippen LogP contribution is -2.38. The van der Waals surface area contributed by atoms with Crippen LogP contribution >= 0.6 is 0 Å². The fraction of sp³-hybridized carbons (Fsp3) is 0.303. The predicted octanol–water partition coefficient (Wildman–Crippen LogP) is 7.61. The van der Waals surface area contributed by atoms with Gasteiger partial charge in [0, 0.05) is 41.7 Å². The van der Waals surface area contributed by atoms with Crippen LogP contribution < -0.4 is 4.74 Å². The Labute approximate surface area is 219 Å². The molecular weight excluding hydrogens is 458 g/mol. The van der Waals surface area contributed by atoms with Crippen molar-refractivity contribution in [1.29, 1.82) is 0 Å². The second-order valence-corrected chi connectivity index (χ2v) is 10.3. The van der Waals surface area contributed by atoms with E-state index in [1.807, 2.05) is 24.2 Å². The number of methoxy groups -OCH3 is 1. The fourth-order valence-electron chi connectivity index (χ4n) is 5.52. The maximum atomic E-state index is 13.2. The normalized spacial score (nSPS) is 14.8. The second kappa shape index (κ2) is 10.7. The number of furan rings is 1. The van der Waals surface area contributed by atoms with Gasteiger partial charge in [0.1, 0.15) is 11.3 Å². The van der Waals surface area contributed by atoms with Gasteiger partial charge in [-0.1, -0.05) is 54.1 Å². The molecule has 0 saturated carbocycles. The van der Waals surface area contributed by atoms with Crippen molar-refractivity contribution in [2.24, 2.45) is 5.92 Å². The number of hydrogen-bond acceptors (Lipinski definition) is 3. The van der Waals surface area contributed by atoms with Gasteiger partial charge in [-0.15, -0.1) is 0 Å². The number of carbonyl (C=O) groups excluding carboxylic acids is 1. The molecule has 1 fully saturated rings. The maximum Gasteiger partial charge on any atom is 0.246 e. The zero-order valence-electron chi connectivity index (χ0n) is 22.2. The third kappa shape index (κ3) is 5.34. The summed E-state index contributed by atoms with van der Waals surface area (Å²) in [5.41, 5.74) is 8.60. The molecule has 0 spiro atoms. The van der Waals surface area contributed by atoms with Gasteiger partial charge in [0.15, 0.2) is 0 Å². The molecule has 0 bridgehead atoms. The summed E-state index contributed by atoms with van der Waals surface area (Å²) in [5, 5.41) is 1.02. The summed E-state index contributed by atoms with van der Waals surface area (Å²) in [6, 6.07) is 21.1. The first kappa shape index (κ1) is 24.9. The lowest BCUT2D eigenvalue weighted by molar-refractivity contribution is -0.127. The van der Waals surface area contributed by atoms with Crippen LogP contribution in [0, 0.1) is 19.8 Å². The topological polar surface area (TPSA) is 42.7 Å². The van der Waals surface area contributed by atoms with Crippen LogP contribution in [0.4, 0.5) is 0 Å². The third-order valence-electron chi connectivity index (χ3n) is 7.63. The largest absolute Gasteiger partial charge is 0.496 e. The van der Waals surface area contributed by atoms with Crippen molar-refractivity contribution in [2.45, 2.75) is 40.0 Å². The number of piperidine rings is 1. The van der Waals surface area contributed by atoms with E-state index in [1.54, 1.807) is 13.2 Å². The van der Waals surface area contributed by atoms with Crippen molar-refractivity contribution in [3.8, 4) is 16.9 Å². The molecule has 3 aromatic carbocycles. The molecular formula is C33H35NO3. The molecule has 190 valence electrons. The van der Waals surface area contributed by atoms with Crippen LogP contribution in [-0.4, -0.2) is 31.0 Å². The first-order valence-electron chi connectivity index (χ1n) is 13.1. The molecule has 0 radical (unpaired) electrons. The molecule has 4 aromatic rings. The average Bonchev–Trinajstić information content (AvgIpc) is 3.31. The Morgan fingerprint density at radius 2 is 1.78 bits per heavy atom. The molecule has 0 atom stereocenters. The van der Waals surface area contributed by atoms with E-state index >= 15 is 0 Å². The van der Waals surface area contributed by atoms with Crippen LogP contribution in [0.25, 0.3) is 27.7 Å². The quantitative estimate of drug-likeness (QED) is 0.260. The molecule has 1 amide bonds. The first-order valence-corrected chi connectivity index (χ1v) is 13.1. The Kier molecular flexibility index (Phi) is 7.18. The number of amides is 1. The van der Waals surface area contributed by atoms with Crippen molar-refractivity contribution in [1.82, 2.24) is 4.90 Å².